The first-order valence-electron chi connectivity index (χ1n) is 5.45. The van der Waals surface area contributed by atoms with Crippen LogP contribution in [0.1, 0.15) is 5.56 Å². The van der Waals surface area contributed by atoms with E-state index in [0.717, 1.165) is 0 Å². The predicted molar refractivity (Wildman–Crippen MR) is 74.9 cm³/mol. The maximum atomic E-state index is 12.3. The molecule has 0 bridgehead atoms. The Morgan fingerprint density at radius 3 is 2.32 bits per heavy atom. The van der Waals surface area contributed by atoms with Gasteiger partial charge in [0, 0.05) is 0 Å². The van der Waals surface area contributed by atoms with E-state index in [0.29, 0.717) is 5.56 Å². The van der Waals surface area contributed by atoms with E-state index in [-0.39, 0.29) is 27.1 Å². The lowest BCUT2D eigenvalue weighted by atomic mass is 10.2. The van der Waals surface area contributed by atoms with Crippen molar-refractivity contribution in [3.63, 3.8) is 0 Å². The summed E-state index contributed by atoms with van der Waals surface area (Å²) in [6.45, 7) is 0. The van der Waals surface area contributed by atoms with Gasteiger partial charge in [-0.25, -0.2) is 8.42 Å². The number of sulfone groups is 1. The van der Waals surface area contributed by atoms with Crippen molar-refractivity contribution in [2.24, 2.45) is 0 Å². The van der Waals surface area contributed by atoms with Crippen molar-refractivity contribution in [3.8, 4) is 5.75 Å². The molecule has 2 rings (SSSR count). The fraction of sp³-hybridized carbons (Fsp3) is 0.0769. The first-order valence-corrected chi connectivity index (χ1v) is 7.48. The van der Waals surface area contributed by atoms with Gasteiger partial charge in [0.05, 0.1) is 16.5 Å². The van der Waals surface area contributed by atoms with Gasteiger partial charge in [0.2, 0.25) is 0 Å². The summed E-state index contributed by atoms with van der Waals surface area (Å²) < 4.78 is 24.6. The number of nitrogen functional groups attached to an aromatic ring is 1. The van der Waals surface area contributed by atoms with Gasteiger partial charge >= 0.3 is 0 Å². The molecule has 100 valence electrons. The molecule has 0 spiro atoms. The summed E-state index contributed by atoms with van der Waals surface area (Å²) in [5, 5.41) is 9.28. The Morgan fingerprint density at radius 1 is 1.11 bits per heavy atom. The number of hydrogen-bond donors (Lipinski definition) is 2. The van der Waals surface area contributed by atoms with Crippen molar-refractivity contribution >= 4 is 27.1 Å². The minimum absolute atomic E-state index is 0.0512. The van der Waals surface area contributed by atoms with Gasteiger partial charge in [-0.15, -0.1) is 0 Å². The Labute approximate surface area is 116 Å². The summed E-state index contributed by atoms with van der Waals surface area (Å²) >= 11 is 5.91. The van der Waals surface area contributed by atoms with E-state index >= 15 is 0 Å². The molecule has 6 heteroatoms. The smallest absolute Gasteiger partial charge is 0.186 e. The highest BCUT2D eigenvalue weighted by molar-refractivity contribution is 7.91. The molecule has 0 aromatic heterocycles. The van der Waals surface area contributed by atoms with E-state index in [4.69, 9.17) is 22.4 Å². The number of anilines is 1. The molecule has 0 atom stereocenters. The molecular weight excluding hydrogens is 286 g/mol. The minimum atomic E-state index is -3.63. The van der Waals surface area contributed by atoms with Gasteiger partial charge in [-0.1, -0.05) is 29.8 Å². The van der Waals surface area contributed by atoms with Crippen molar-refractivity contribution < 1.29 is 13.5 Å². The van der Waals surface area contributed by atoms with Crippen LogP contribution in [-0.4, -0.2) is 13.5 Å². The molecule has 0 heterocycles. The Balaban J connectivity index is 2.41. The average molecular weight is 298 g/mol. The van der Waals surface area contributed by atoms with Crippen molar-refractivity contribution in [2.75, 3.05) is 5.73 Å². The van der Waals surface area contributed by atoms with Crippen LogP contribution < -0.4 is 5.73 Å². The molecule has 4 nitrogen and oxygen atoms in total. The standard InChI is InChI=1S/C13H12ClNO3S/c14-11-2-1-3-12(15)13(11)19(17,18)8-9-4-6-10(16)7-5-9/h1-7,16H,8,15H2. The second kappa shape index (κ2) is 5.11. The van der Waals surface area contributed by atoms with Crippen LogP contribution in [0.4, 0.5) is 5.69 Å². The second-order valence-corrected chi connectivity index (χ2v) is 6.42. The van der Waals surface area contributed by atoms with Gasteiger partial charge in [-0.05, 0) is 29.8 Å². The highest BCUT2D eigenvalue weighted by atomic mass is 35.5. The van der Waals surface area contributed by atoms with E-state index in [9.17, 15) is 8.42 Å². The predicted octanol–water partition coefficient (Wildman–Crippen LogP) is 2.60. The third-order valence-electron chi connectivity index (χ3n) is 2.60. The molecule has 0 aliphatic rings. The van der Waals surface area contributed by atoms with Crippen LogP contribution in [0, 0.1) is 0 Å². The largest absolute Gasteiger partial charge is 0.508 e. The van der Waals surface area contributed by atoms with E-state index in [2.05, 4.69) is 0 Å². The number of phenolic OH excluding ortho intramolecular Hbond substituents is 1. The zero-order chi connectivity index (χ0) is 14.0. The monoisotopic (exact) mass is 297 g/mol. The molecule has 2 aromatic carbocycles. The van der Waals surface area contributed by atoms with Crippen LogP contribution >= 0.6 is 11.6 Å². The molecule has 3 N–H and O–H groups in total. The highest BCUT2D eigenvalue weighted by Crippen LogP contribution is 2.30. The van der Waals surface area contributed by atoms with E-state index < -0.39 is 9.84 Å². The molecule has 0 radical (unpaired) electrons. The molecule has 0 saturated heterocycles. The number of phenols is 1. The lowest BCUT2D eigenvalue weighted by Crippen LogP contribution is -2.08. The van der Waals surface area contributed by atoms with Crippen LogP contribution in [0.5, 0.6) is 5.75 Å². The summed E-state index contributed by atoms with van der Waals surface area (Å²) in [6.07, 6.45) is 0. The topological polar surface area (TPSA) is 80.4 Å². The second-order valence-electron chi connectivity index (χ2n) is 4.08. The number of hydrogen-bond acceptors (Lipinski definition) is 4. The van der Waals surface area contributed by atoms with Gasteiger partial charge in [0.15, 0.2) is 9.84 Å². The summed E-state index contributed by atoms with van der Waals surface area (Å²) in [7, 11) is -3.63. The minimum Gasteiger partial charge on any atom is -0.508 e. The summed E-state index contributed by atoms with van der Waals surface area (Å²) in [5.74, 6) is -0.139. The number of aromatic hydroxyl groups is 1. The summed E-state index contributed by atoms with van der Waals surface area (Å²) in [6, 6.07) is 10.5. The molecule has 0 unspecified atom stereocenters. The Bertz CT molecular complexity index is 676. The summed E-state index contributed by atoms with van der Waals surface area (Å²) in [4.78, 5) is -0.0512. The zero-order valence-electron chi connectivity index (χ0n) is 9.88. The van der Waals surface area contributed by atoms with E-state index in [1.165, 1.54) is 24.3 Å². The van der Waals surface area contributed by atoms with E-state index in [1.54, 1.807) is 18.2 Å². The molecule has 0 amide bonds. The van der Waals surface area contributed by atoms with Gasteiger partial charge in [-0.2, -0.15) is 0 Å². The van der Waals surface area contributed by atoms with Crippen LogP contribution in [0.25, 0.3) is 0 Å². The quantitative estimate of drug-likeness (QED) is 0.853. The Morgan fingerprint density at radius 2 is 1.74 bits per heavy atom. The molecular formula is C13H12ClNO3S. The maximum Gasteiger partial charge on any atom is 0.186 e. The van der Waals surface area contributed by atoms with Crippen LogP contribution in [0.2, 0.25) is 5.02 Å². The Kier molecular flexibility index (Phi) is 3.68. The molecule has 2 aromatic rings. The van der Waals surface area contributed by atoms with Crippen molar-refractivity contribution in [1.82, 2.24) is 0 Å². The summed E-state index contributed by atoms with van der Waals surface area (Å²) in [5.41, 5.74) is 6.37. The molecule has 0 fully saturated rings. The first kappa shape index (κ1) is 13.7. The van der Waals surface area contributed by atoms with Crippen LogP contribution in [0.3, 0.4) is 0 Å². The zero-order valence-corrected chi connectivity index (χ0v) is 11.4. The SMILES string of the molecule is Nc1cccc(Cl)c1S(=O)(=O)Cc1ccc(O)cc1. The van der Waals surface area contributed by atoms with E-state index in [1.807, 2.05) is 0 Å². The lowest BCUT2D eigenvalue weighted by molar-refractivity contribution is 0.475. The third kappa shape index (κ3) is 3.00. The van der Waals surface area contributed by atoms with Crippen molar-refractivity contribution in [2.45, 2.75) is 10.6 Å². The van der Waals surface area contributed by atoms with Gasteiger partial charge in [0.1, 0.15) is 10.6 Å². The van der Waals surface area contributed by atoms with Gasteiger partial charge < -0.3 is 10.8 Å². The van der Waals surface area contributed by atoms with Crippen molar-refractivity contribution in [1.29, 1.82) is 0 Å². The number of benzene rings is 2. The van der Waals surface area contributed by atoms with Crippen molar-refractivity contribution in [3.05, 3.63) is 53.1 Å². The fourth-order valence-electron chi connectivity index (χ4n) is 1.74. The first-order chi connectivity index (χ1) is 8.90. The third-order valence-corrected chi connectivity index (χ3v) is 4.82. The highest BCUT2D eigenvalue weighted by Gasteiger charge is 2.21. The molecule has 0 saturated carbocycles. The molecule has 19 heavy (non-hydrogen) atoms. The van der Waals surface area contributed by atoms with Gasteiger partial charge in [-0.3, -0.25) is 0 Å². The van der Waals surface area contributed by atoms with Crippen LogP contribution in [0.15, 0.2) is 47.4 Å². The van der Waals surface area contributed by atoms with Gasteiger partial charge in [0.25, 0.3) is 0 Å². The lowest BCUT2D eigenvalue weighted by Gasteiger charge is -2.09. The Hall–Kier alpha value is -1.72. The number of rotatable bonds is 3. The molecule has 0 aliphatic heterocycles. The normalized spacial score (nSPS) is 11.4. The fourth-order valence-corrected chi connectivity index (χ4v) is 3.84. The molecule has 0 aliphatic carbocycles. The average Bonchev–Trinajstić information content (AvgIpc) is 2.31. The maximum absolute atomic E-state index is 12.3. The van der Waals surface area contributed by atoms with Crippen LogP contribution in [-0.2, 0) is 15.6 Å². The number of nitrogens with two attached hydrogens (primary N) is 1. The number of halogens is 1.